The molecule has 1 unspecified atom stereocenters. The van der Waals surface area contributed by atoms with E-state index in [4.69, 9.17) is 11.6 Å². The van der Waals surface area contributed by atoms with Crippen LogP contribution in [0.15, 0.2) is 22.7 Å². The number of rotatable bonds is 4. The molecule has 2 rings (SSSR count). The second-order valence-electron chi connectivity index (χ2n) is 4.60. The molecule has 1 aromatic carbocycles. The molecule has 0 N–H and O–H groups in total. The van der Waals surface area contributed by atoms with Gasteiger partial charge in [-0.1, -0.05) is 22.0 Å². The van der Waals surface area contributed by atoms with Gasteiger partial charge in [0.1, 0.15) is 5.82 Å². The summed E-state index contributed by atoms with van der Waals surface area (Å²) in [6, 6.07) is 5.28. The van der Waals surface area contributed by atoms with Gasteiger partial charge in [-0.2, -0.15) is 0 Å². The van der Waals surface area contributed by atoms with Crippen molar-refractivity contribution in [3.05, 3.63) is 34.1 Å². The number of halogens is 3. The number of benzene rings is 1. The van der Waals surface area contributed by atoms with E-state index in [1.807, 2.05) is 12.1 Å². The van der Waals surface area contributed by atoms with Crippen molar-refractivity contribution in [2.45, 2.75) is 19.4 Å². The highest BCUT2D eigenvalue weighted by Crippen LogP contribution is 2.23. The van der Waals surface area contributed by atoms with Crippen LogP contribution < -0.4 is 0 Å². The number of alkyl halides is 1. The maximum Gasteiger partial charge on any atom is 0.128 e. The van der Waals surface area contributed by atoms with Crippen LogP contribution in [0.1, 0.15) is 18.4 Å². The number of hydrogen-bond acceptors (Lipinski definition) is 1. The molecule has 1 fully saturated rings. The van der Waals surface area contributed by atoms with E-state index in [1.165, 1.54) is 12.5 Å². The first-order valence-corrected chi connectivity index (χ1v) is 7.24. The zero-order valence-electron chi connectivity index (χ0n) is 9.63. The molecule has 1 heterocycles. The molecule has 0 saturated carbocycles. The minimum Gasteiger partial charge on any atom is -0.299 e. The molecule has 94 valence electrons. The average molecular weight is 321 g/mol. The van der Waals surface area contributed by atoms with Crippen molar-refractivity contribution >= 4 is 27.5 Å². The van der Waals surface area contributed by atoms with Gasteiger partial charge >= 0.3 is 0 Å². The predicted molar refractivity (Wildman–Crippen MR) is 72.8 cm³/mol. The standard InChI is InChI=1S/C13H16BrClFN/c14-12-2-1-11(13(16)7-12)9-17-6-4-10(8-17)3-5-15/h1-2,7,10H,3-6,8-9H2. The molecule has 0 spiro atoms. The Morgan fingerprint density at radius 2 is 2.29 bits per heavy atom. The molecule has 1 aliphatic rings. The highest BCUT2D eigenvalue weighted by atomic mass is 79.9. The molecule has 0 radical (unpaired) electrons. The molecule has 1 saturated heterocycles. The van der Waals surface area contributed by atoms with Crippen molar-refractivity contribution < 1.29 is 4.39 Å². The fourth-order valence-electron chi connectivity index (χ4n) is 2.34. The van der Waals surface area contributed by atoms with E-state index in [0.717, 1.165) is 35.4 Å². The van der Waals surface area contributed by atoms with Gasteiger partial charge < -0.3 is 0 Å². The monoisotopic (exact) mass is 319 g/mol. The molecule has 4 heteroatoms. The Kier molecular flexibility index (Phi) is 4.83. The molecule has 1 aromatic rings. The molecule has 17 heavy (non-hydrogen) atoms. The summed E-state index contributed by atoms with van der Waals surface area (Å²) in [7, 11) is 0. The smallest absolute Gasteiger partial charge is 0.128 e. The van der Waals surface area contributed by atoms with Crippen LogP contribution in [0.2, 0.25) is 0 Å². The Labute approximate surface area is 115 Å². The minimum atomic E-state index is -0.125. The van der Waals surface area contributed by atoms with Crippen LogP contribution in [0.3, 0.4) is 0 Å². The van der Waals surface area contributed by atoms with Gasteiger partial charge in [-0.3, -0.25) is 4.90 Å². The Morgan fingerprint density at radius 3 is 3.00 bits per heavy atom. The first-order valence-electron chi connectivity index (χ1n) is 5.91. The molecule has 1 nitrogen and oxygen atoms in total. The summed E-state index contributed by atoms with van der Waals surface area (Å²) in [5.41, 5.74) is 0.778. The Morgan fingerprint density at radius 1 is 1.47 bits per heavy atom. The number of hydrogen-bond donors (Lipinski definition) is 0. The van der Waals surface area contributed by atoms with Gasteiger partial charge in [-0.25, -0.2) is 4.39 Å². The first-order chi connectivity index (χ1) is 8.19. The lowest BCUT2D eigenvalue weighted by Gasteiger charge is -2.16. The first kappa shape index (κ1) is 13.3. The predicted octanol–water partition coefficient (Wildman–Crippen LogP) is 4.04. The summed E-state index contributed by atoms with van der Waals surface area (Å²) in [5.74, 6) is 1.29. The van der Waals surface area contributed by atoms with Crippen LogP contribution in [0.5, 0.6) is 0 Å². The lowest BCUT2D eigenvalue weighted by molar-refractivity contribution is 0.310. The molecule has 0 amide bonds. The highest BCUT2D eigenvalue weighted by molar-refractivity contribution is 9.10. The van der Waals surface area contributed by atoms with Crippen LogP contribution in [0.4, 0.5) is 4.39 Å². The van der Waals surface area contributed by atoms with E-state index in [1.54, 1.807) is 0 Å². The van der Waals surface area contributed by atoms with Crippen LogP contribution in [0.25, 0.3) is 0 Å². The van der Waals surface area contributed by atoms with E-state index < -0.39 is 0 Å². The third-order valence-electron chi connectivity index (χ3n) is 3.30. The molecule has 0 bridgehead atoms. The van der Waals surface area contributed by atoms with Gasteiger partial charge in [-0.15, -0.1) is 11.6 Å². The molecular weight excluding hydrogens is 305 g/mol. The summed E-state index contributed by atoms with van der Waals surface area (Å²) in [5, 5.41) is 0. The van der Waals surface area contributed by atoms with Gasteiger partial charge in [0.25, 0.3) is 0 Å². The largest absolute Gasteiger partial charge is 0.299 e. The Balaban J connectivity index is 1.93. The maximum atomic E-state index is 13.7. The molecule has 0 aromatic heterocycles. The average Bonchev–Trinajstić information content (AvgIpc) is 2.71. The zero-order valence-corrected chi connectivity index (χ0v) is 12.0. The summed E-state index contributed by atoms with van der Waals surface area (Å²) < 4.78 is 14.5. The number of nitrogens with zero attached hydrogens (tertiary/aromatic N) is 1. The highest BCUT2D eigenvalue weighted by Gasteiger charge is 2.22. The Hall–Kier alpha value is -0.120. The van der Waals surface area contributed by atoms with Crippen molar-refractivity contribution in [1.82, 2.24) is 4.90 Å². The van der Waals surface area contributed by atoms with E-state index in [0.29, 0.717) is 12.5 Å². The van der Waals surface area contributed by atoms with E-state index in [2.05, 4.69) is 20.8 Å². The quantitative estimate of drug-likeness (QED) is 0.757. The van der Waals surface area contributed by atoms with Crippen LogP contribution in [-0.4, -0.2) is 23.9 Å². The van der Waals surface area contributed by atoms with E-state index in [9.17, 15) is 4.39 Å². The molecule has 1 aliphatic heterocycles. The zero-order chi connectivity index (χ0) is 12.3. The van der Waals surface area contributed by atoms with Crippen LogP contribution in [0, 0.1) is 11.7 Å². The summed E-state index contributed by atoms with van der Waals surface area (Å²) in [4.78, 5) is 2.31. The third-order valence-corrected chi connectivity index (χ3v) is 4.01. The summed E-state index contributed by atoms with van der Waals surface area (Å²) in [6.07, 6.45) is 2.26. The van der Waals surface area contributed by atoms with Crippen molar-refractivity contribution in [3.63, 3.8) is 0 Å². The van der Waals surface area contributed by atoms with Gasteiger partial charge in [0.2, 0.25) is 0 Å². The molecule has 0 aliphatic carbocycles. The second-order valence-corrected chi connectivity index (χ2v) is 5.90. The second kappa shape index (κ2) is 6.17. The lowest BCUT2D eigenvalue weighted by Crippen LogP contribution is -2.20. The molecular formula is C13H16BrClFN. The Bertz CT molecular complexity index is 386. The minimum absolute atomic E-state index is 0.125. The fraction of sp³-hybridized carbons (Fsp3) is 0.538. The van der Waals surface area contributed by atoms with Crippen molar-refractivity contribution in [1.29, 1.82) is 0 Å². The van der Waals surface area contributed by atoms with Gasteiger partial charge in [0.15, 0.2) is 0 Å². The van der Waals surface area contributed by atoms with Crippen molar-refractivity contribution in [2.24, 2.45) is 5.92 Å². The van der Waals surface area contributed by atoms with Crippen LogP contribution >= 0.6 is 27.5 Å². The summed E-state index contributed by atoms with van der Waals surface area (Å²) >= 11 is 9.02. The maximum absolute atomic E-state index is 13.7. The topological polar surface area (TPSA) is 3.24 Å². The van der Waals surface area contributed by atoms with Gasteiger partial charge in [0, 0.05) is 29.0 Å². The third kappa shape index (κ3) is 3.67. The van der Waals surface area contributed by atoms with Crippen molar-refractivity contribution in [2.75, 3.05) is 19.0 Å². The number of likely N-dealkylation sites (tertiary alicyclic amines) is 1. The molecule has 1 atom stereocenters. The fourth-order valence-corrected chi connectivity index (χ4v) is 2.98. The van der Waals surface area contributed by atoms with Gasteiger partial charge in [-0.05, 0) is 37.4 Å². The SMILES string of the molecule is Fc1cc(Br)ccc1CN1CCC(CCCl)C1. The van der Waals surface area contributed by atoms with Crippen LogP contribution in [-0.2, 0) is 6.54 Å². The van der Waals surface area contributed by atoms with E-state index >= 15 is 0 Å². The van der Waals surface area contributed by atoms with E-state index in [-0.39, 0.29) is 5.82 Å². The normalized spacial score (nSPS) is 21.0. The van der Waals surface area contributed by atoms with Gasteiger partial charge in [0.05, 0.1) is 0 Å². The summed E-state index contributed by atoms with van der Waals surface area (Å²) in [6.45, 7) is 2.80. The lowest BCUT2D eigenvalue weighted by atomic mass is 10.1. The van der Waals surface area contributed by atoms with Crippen molar-refractivity contribution in [3.8, 4) is 0 Å².